The molecule has 0 saturated heterocycles. The van der Waals surface area contributed by atoms with Gasteiger partial charge in [0.15, 0.2) is 0 Å². The average molecular weight is 333 g/mol. The van der Waals surface area contributed by atoms with Gasteiger partial charge in [0, 0.05) is 6.54 Å². The fraction of sp³-hybridized carbons (Fsp3) is 0.235. The van der Waals surface area contributed by atoms with Gasteiger partial charge in [-0.05, 0) is 36.6 Å². The van der Waals surface area contributed by atoms with Crippen molar-refractivity contribution < 1.29 is 17.9 Å². The highest BCUT2D eigenvalue weighted by Crippen LogP contribution is 2.16. The molecule has 0 atom stereocenters. The van der Waals surface area contributed by atoms with Gasteiger partial charge in [-0.15, -0.1) is 0 Å². The van der Waals surface area contributed by atoms with Crippen LogP contribution in [0.3, 0.4) is 0 Å². The number of aryl methyl sites for hydroxylation is 1. The van der Waals surface area contributed by atoms with Crippen LogP contribution in [0.5, 0.6) is 0 Å². The summed E-state index contributed by atoms with van der Waals surface area (Å²) in [6.45, 7) is 2.01. The number of carbonyl (C=O) groups is 1. The minimum absolute atomic E-state index is 0.0524. The van der Waals surface area contributed by atoms with Crippen LogP contribution in [0.15, 0.2) is 53.4 Å². The third kappa shape index (κ3) is 4.40. The second-order valence-electron chi connectivity index (χ2n) is 5.10. The van der Waals surface area contributed by atoms with E-state index in [4.69, 9.17) is 0 Å². The third-order valence-electron chi connectivity index (χ3n) is 3.47. The molecule has 2 aromatic carbocycles. The molecule has 0 aliphatic carbocycles. The molecule has 122 valence electrons. The predicted octanol–water partition coefficient (Wildman–Crippen LogP) is 2.30. The van der Waals surface area contributed by atoms with Crippen LogP contribution in [0.4, 0.5) is 0 Å². The van der Waals surface area contributed by atoms with Crippen LogP contribution in [0.25, 0.3) is 0 Å². The zero-order chi connectivity index (χ0) is 16.9. The van der Waals surface area contributed by atoms with E-state index in [0.29, 0.717) is 12.0 Å². The summed E-state index contributed by atoms with van der Waals surface area (Å²) in [6.07, 6.45) is 0.593. The normalized spacial score (nSPS) is 11.2. The summed E-state index contributed by atoms with van der Waals surface area (Å²) < 4.78 is 31.9. The molecular formula is C17H19NO4S. The minimum atomic E-state index is -3.67. The average Bonchev–Trinajstić information content (AvgIpc) is 2.55. The van der Waals surface area contributed by atoms with Crippen LogP contribution < -0.4 is 4.72 Å². The van der Waals surface area contributed by atoms with Gasteiger partial charge in [0.1, 0.15) is 0 Å². The number of esters is 1. The lowest BCUT2D eigenvalue weighted by Crippen LogP contribution is -2.26. The summed E-state index contributed by atoms with van der Waals surface area (Å²) in [5.41, 5.74) is 1.97. The van der Waals surface area contributed by atoms with Crippen LogP contribution in [0.1, 0.15) is 21.5 Å². The Hall–Kier alpha value is -2.18. The molecule has 1 N–H and O–H groups in total. The first-order valence-electron chi connectivity index (χ1n) is 7.16. The summed E-state index contributed by atoms with van der Waals surface area (Å²) in [6, 6.07) is 14.0. The van der Waals surface area contributed by atoms with Gasteiger partial charge in [0.2, 0.25) is 10.0 Å². The molecule has 0 aliphatic heterocycles. The van der Waals surface area contributed by atoms with E-state index in [9.17, 15) is 13.2 Å². The van der Waals surface area contributed by atoms with Crippen molar-refractivity contribution in [2.75, 3.05) is 13.7 Å². The number of nitrogens with one attached hydrogen (secondary N) is 1. The summed E-state index contributed by atoms with van der Waals surface area (Å²) >= 11 is 0. The first-order valence-corrected chi connectivity index (χ1v) is 8.65. The van der Waals surface area contributed by atoms with E-state index in [1.807, 2.05) is 30.3 Å². The number of carbonyl (C=O) groups excluding carboxylic acids is 1. The Morgan fingerprint density at radius 1 is 1.13 bits per heavy atom. The minimum Gasteiger partial charge on any atom is -0.465 e. The summed E-state index contributed by atoms with van der Waals surface area (Å²) in [5, 5.41) is 0. The summed E-state index contributed by atoms with van der Waals surface area (Å²) in [4.78, 5) is 11.7. The monoisotopic (exact) mass is 333 g/mol. The Morgan fingerprint density at radius 3 is 2.48 bits per heavy atom. The van der Waals surface area contributed by atoms with Crippen LogP contribution in [0, 0.1) is 6.92 Å². The fourth-order valence-electron chi connectivity index (χ4n) is 2.16. The van der Waals surface area contributed by atoms with Gasteiger partial charge in [-0.1, -0.05) is 36.4 Å². The fourth-order valence-corrected chi connectivity index (χ4v) is 3.21. The van der Waals surface area contributed by atoms with Gasteiger partial charge in [-0.25, -0.2) is 17.9 Å². The molecule has 0 spiro atoms. The van der Waals surface area contributed by atoms with Crippen LogP contribution in [-0.4, -0.2) is 28.0 Å². The lowest BCUT2D eigenvalue weighted by atomic mass is 10.1. The Bertz CT molecular complexity index is 785. The first kappa shape index (κ1) is 17.2. The molecule has 0 aliphatic rings. The maximum absolute atomic E-state index is 12.3. The quantitative estimate of drug-likeness (QED) is 0.823. The van der Waals surface area contributed by atoms with Gasteiger partial charge < -0.3 is 4.74 Å². The molecule has 6 heteroatoms. The van der Waals surface area contributed by atoms with E-state index in [1.54, 1.807) is 13.0 Å². The summed E-state index contributed by atoms with van der Waals surface area (Å²) in [7, 11) is -2.40. The molecule has 0 radical (unpaired) electrons. The topological polar surface area (TPSA) is 72.5 Å². The lowest BCUT2D eigenvalue weighted by Gasteiger charge is -2.10. The number of sulfonamides is 1. The smallest absolute Gasteiger partial charge is 0.338 e. The molecule has 5 nitrogen and oxygen atoms in total. The molecule has 0 bridgehead atoms. The SMILES string of the molecule is COC(=O)c1cc(S(=O)(=O)NCCc2ccccc2)ccc1C. The van der Waals surface area contributed by atoms with Crippen LogP contribution >= 0.6 is 0 Å². The predicted molar refractivity (Wildman–Crippen MR) is 87.9 cm³/mol. The molecule has 0 heterocycles. The standard InChI is InChI=1S/C17H19NO4S/c1-13-8-9-15(12-16(13)17(19)22-2)23(20,21)18-11-10-14-6-4-3-5-7-14/h3-9,12,18H,10-11H2,1-2H3. The van der Waals surface area contributed by atoms with Crippen molar-refractivity contribution in [1.82, 2.24) is 4.72 Å². The molecule has 0 amide bonds. The van der Waals surface area contributed by atoms with Crippen molar-refractivity contribution in [3.8, 4) is 0 Å². The van der Waals surface area contributed by atoms with Gasteiger partial charge in [0.25, 0.3) is 0 Å². The number of rotatable bonds is 6. The van der Waals surface area contributed by atoms with E-state index in [-0.39, 0.29) is 17.0 Å². The van der Waals surface area contributed by atoms with Crippen LogP contribution in [-0.2, 0) is 21.2 Å². The number of hydrogen-bond donors (Lipinski definition) is 1. The Balaban J connectivity index is 2.11. The molecule has 2 rings (SSSR count). The van der Waals surface area contributed by atoms with E-state index >= 15 is 0 Å². The maximum atomic E-state index is 12.3. The lowest BCUT2D eigenvalue weighted by molar-refractivity contribution is 0.0599. The second kappa shape index (κ2) is 7.39. The van der Waals surface area contributed by atoms with Crippen molar-refractivity contribution in [3.63, 3.8) is 0 Å². The van der Waals surface area contributed by atoms with Gasteiger partial charge in [-0.3, -0.25) is 0 Å². The third-order valence-corrected chi connectivity index (χ3v) is 4.93. The van der Waals surface area contributed by atoms with E-state index < -0.39 is 16.0 Å². The molecule has 0 fully saturated rings. The van der Waals surface area contributed by atoms with Crippen LogP contribution in [0.2, 0.25) is 0 Å². The molecule has 23 heavy (non-hydrogen) atoms. The van der Waals surface area contributed by atoms with Gasteiger partial charge in [0.05, 0.1) is 17.6 Å². The second-order valence-corrected chi connectivity index (χ2v) is 6.87. The largest absolute Gasteiger partial charge is 0.465 e. The van der Waals surface area contributed by atoms with Gasteiger partial charge in [-0.2, -0.15) is 0 Å². The highest BCUT2D eigenvalue weighted by atomic mass is 32.2. The van der Waals surface area contributed by atoms with E-state index in [1.165, 1.54) is 19.2 Å². The van der Waals surface area contributed by atoms with Crippen molar-refractivity contribution in [2.45, 2.75) is 18.2 Å². The molecular weight excluding hydrogens is 314 g/mol. The maximum Gasteiger partial charge on any atom is 0.338 e. The van der Waals surface area contributed by atoms with Crippen molar-refractivity contribution in [2.24, 2.45) is 0 Å². The number of ether oxygens (including phenoxy) is 1. The zero-order valence-electron chi connectivity index (χ0n) is 13.1. The van der Waals surface area contributed by atoms with Crippen molar-refractivity contribution >= 4 is 16.0 Å². The van der Waals surface area contributed by atoms with Crippen molar-refractivity contribution in [1.29, 1.82) is 0 Å². The summed E-state index contributed by atoms with van der Waals surface area (Å²) in [5.74, 6) is -0.552. The molecule has 0 saturated carbocycles. The van der Waals surface area contributed by atoms with Crippen molar-refractivity contribution in [3.05, 3.63) is 65.2 Å². The highest BCUT2D eigenvalue weighted by Gasteiger charge is 2.18. The highest BCUT2D eigenvalue weighted by molar-refractivity contribution is 7.89. The number of benzene rings is 2. The van der Waals surface area contributed by atoms with Gasteiger partial charge >= 0.3 is 5.97 Å². The molecule has 0 unspecified atom stereocenters. The molecule has 2 aromatic rings. The number of methoxy groups -OCH3 is 1. The Labute approximate surface area is 136 Å². The van der Waals surface area contributed by atoms with E-state index in [0.717, 1.165) is 5.56 Å². The Kier molecular flexibility index (Phi) is 5.52. The Morgan fingerprint density at radius 2 is 1.83 bits per heavy atom. The van der Waals surface area contributed by atoms with E-state index in [2.05, 4.69) is 9.46 Å². The molecule has 0 aromatic heterocycles. The number of hydrogen-bond acceptors (Lipinski definition) is 4. The first-order chi connectivity index (χ1) is 10.9. The zero-order valence-corrected chi connectivity index (χ0v) is 13.9.